The lowest BCUT2D eigenvalue weighted by Crippen LogP contribution is -2.08. The molecule has 0 aliphatic heterocycles. The molecule has 104 valence electrons. The van der Waals surface area contributed by atoms with Gasteiger partial charge in [0.15, 0.2) is 0 Å². The number of nitrogen functional groups attached to an aromatic ring is 1. The van der Waals surface area contributed by atoms with Crippen LogP contribution in [0.1, 0.15) is 21.5 Å². The zero-order chi connectivity index (χ0) is 14.7. The van der Waals surface area contributed by atoms with Crippen LogP contribution in [0.15, 0.2) is 40.9 Å². The highest BCUT2D eigenvalue weighted by atomic mass is 79.9. The molecule has 0 aliphatic rings. The summed E-state index contributed by atoms with van der Waals surface area (Å²) in [5, 5.41) is 9.35. The normalized spacial score (nSPS) is 10.3. The first-order valence-corrected chi connectivity index (χ1v) is 6.77. The molecule has 0 aliphatic carbocycles. The molecule has 2 aromatic rings. The summed E-state index contributed by atoms with van der Waals surface area (Å²) in [7, 11) is 0. The largest absolute Gasteiger partial charge is 0.508 e. The predicted octanol–water partition coefficient (Wildman–Crippen LogP) is 3.40. The van der Waals surface area contributed by atoms with E-state index in [9.17, 15) is 9.90 Å². The third-order valence-corrected chi connectivity index (χ3v) is 3.37. The number of halogens is 1. The zero-order valence-corrected chi connectivity index (χ0v) is 12.5. The molecule has 20 heavy (non-hydrogen) atoms. The molecule has 0 atom stereocenters. The number of phenols is 1. The predicted molar refractivity (Wildman–Crippen MR) is 80.5 cm³/mol. The fourth-order valence-corrected chi connectivity index (χ4v) is 2.26. The van der Waals surface area contributed by atoms with Crippen molar-refractivity contribution in [3.8, 4) is 5.75 Å². The number of aromatic hydroxyl groups is 1. The van der Waals surface area contributed by atoms with Gasteiger partial charge in [-0.1, -0.05) is 28.1 Å². The summed E-state index contributed by atoms with van der Waals surface area (Å²) in [5.74, 6) is -0.305. The van der Waals surface area contributed by atoms with E-state index in [4.69, 9.17) is 10.5 Å². The number of ether oxygens (including phenoxy) is 1. The minimum Gasteiger partial charge on any atom is -0.508 e. The minimum absolute atomic E-state index is 0.0963. The van der Waals surface area contributed by atoms with E-state index in [0.717, 1.165) is 10.0 Å². The fourth-order valence-electron chi connectivity index (χ4n) is 1.79. The molecule has 0 fully saturated rings. The average molecular weight is 336 g/mol. The molecule has 2 rings (SSSR count). The maximum atomic E-state index is 12.1. The number of carbonyl (C=O) groups is 1. The maximum Gasteiger partial charge on any atom is 0.338 e. The van der Waals surface area contributed by atoms with Crippen molar-refractivity contribution in [2.45, 2.75) is 13.5 Å². The van der Waals surface area contributed by atoms with Crippen LogP contribution in [-0.4, -0.2) is 11.1 Å². The van der Waals surface area contributed by atoms with Gasteiger partial charge in [0.1, 0.15) is 12.4 Å². The van der Waals surface area contributed by atoms with Gasteiger partial charge in [-0.05, 0) is 42.3 Å². The molecule has 0 saturated carbocycles. The molecule has 0 radical (unpaired) electrons. The highest BCUT2D eigenvalue weighted by Crippen LogP contribution is 2.23. The second kappa shape index (κ2) is 5.96. The molecule has 5 heteroatoms. The zero-order valence-electron chi connectivity index (χ0n) is 10.9. The Kier molecular flexibility index (Phi) is 4.29. The van der Waals surface area contributed by atoms with Gasteiger partial charge in [-0.15, -0.1) is 0 Å². The number of hydrogen-bond donors (Lipinski definition) is 2. The third kappa shape index (κ3) is 3.30. The molecule has 3 N–H and O–H groups in total. The number of benzene rings is 2. The molecule has 2 aromatic carbocycles. The molecule has 0 unspecified atom stereocenters. The van der Waals surface area contributed by atoms with E-state index in [1.807, 2.05) is 0 Å². The third-order valence-electron chi connectivity index (χ3n) is 2.91. The Morgan fingerprint density at radius 1 is 1.35 bits per heavy atom. The lowest BCUT2D eigenvalue weighted by molar-refractivity contribution is 0.0471. The summed E-state index contributed by atoms with van der Waals surface area (Å²) >= 11 is 3.30. The van der Waals surface area contributed by atoms with Crippen LogP contribution in [0.25, 0.3) is 0 Å². The smallest absolute Gasteiger partial charge is 0.338 e. The van der Waals surface area contributed by atoms with E-state index < -0.39 is 5.97 Å². The van der Waals surface area contributed by atoms with Crippen molar-refractivity contribution >= 4 is 27.6 Å². The van der Waals surface area contributed by atoms with Gasteiger partial charge < -0.3 is 15.6 Å². The van der Waals surface area contributed by atoms with Crippen LogP contribution in [0, 0.1) is 6.92 Å². The van der Waals surface area contributed by atoms with Crippen molar-refractivity contribution in [1.82, 2.24) is 0 Å². The second-order valence-electron chi connectivity index (χ2n) is 4.41. The fraction of sp³-hybridized carbons (Fsp3) is 0.133. The van der Waals surface area contributed by atoms with Crippen LogP contribution in [0.3, 0.4) is 0 Å². The van der Waals surface area contributed by atoms with Crippen molar-refractivity contribution in [2.75, 3.05) is 5.73 Å². The summed E-state index contributed by atoms with van der Waals surface area (Å²) in [6, 6.07) is 9.99. The van der Waals surface area contributed by atoms with Crippen molar-refractivity contribution in [3.63, 3.8) is 0 Å². The number of hydrogen-bond acceptors (Lipinski definition) is 4. The maximum absolute atomic E-state index is 12.1. The number of esters is 1. The monoisotopic (exact) mass is 335 g/mol. The van der Waals surface area contributed by atoms with E-state index in [1.54, 1.807) is 43.3 Å². The number of phenolic OH excluding ortho intramolecular Hbond substituents is 1. The molecular formula is C15H14BrNO3. The van der Waals surface area contributed by atoms with Gasteiger partial charge in [0.2, 0.25) is 0 Å². The first-order chi connectivity index (χ1) is 9.47. The van der Waals surface area contributed by atoms with Crippen LogP contribution in [0.5, 0.6) is 5.75 Å². The van der Waals surface area contributed by atoms with Crippen LogP contribution >= 0.6 is 15.9 Å². The Morgan fingerprint density at radius 3 is 2.80 bits per heavy atom. The summed E-state index contributed by atoms with van der Waals surface area (Å²) in [4.78, 5) is 12.1. The van der Waals surface area contributed by atoms with Gasteiger partial charge in [-0.3, -0.25) is 0 Å². The second-order valence-corrected chi connectivity index (χ2v) is 5.33. The Morgan fingerprint density at radius 2 is 2.10 bits per heavy atom. The van der Waals surface area contributed by atoms with E-state index in [-0.39, 0.29) is 12.4 Å². The standard InChI is InChI=1S/C15H14BrNO3/c1-9-13(6-11(16)7-14(9)17)15(19)20-8-10-3-2-4-12(18)5-10/h2-7,18H,8,17H2,1H3. The highest BCUT2D eigenvalue weighted by Gasteiger charge is 2.13. The summed E-state index contributed by atoms with van der Waals surface area (Å²) in [6.07, 6.45) is 0. The van der Waals surface area contributed by atoms with Crippen molar-refractivity contribution in [1.29, 1.82) is 0 Å². The molecule has 0 heterocycles. The molecule has 0 bridgehead atoms. The SMILES string of the molecule is Cc1c(N)cc(Br)cc1C(=O)OCc1cccc(O)c1. The van der Waals surface area contributed by atoms with Gasteiger partial charge in [-0.2, -0.15) is 0 Å². The summed E-state index contributed by atoms with van der Waals surface area (Å²) in [5.41, 5.74) is 8.18. The van der Waals surface area contributed by atoms with Gasteiger partial charge in [0.05, 0.1) is 5.56 Å². The average Bonchev–Trinajstić information content (AvgIpc) is 2.40. The highest BCUT2D eigenvalue weighted by molar-refractivity contribution is 9.10. The van der Waals surface area contributed by atoms with Crippen LogP contribution in [-0.2, 0) is 11.3 Å². The van der Waals surface area contributed by atoms with Gasteiger partial charge in [-0.25, -0.2) is 4.79 Å². The molecule has 0 amide bonds. The molecule has 0 aromatic heterocycles. The topological polar surface area (TPSA) is 72.6 Å². The van der Waals surface area contributed by atoms with Gasteiger partial charge in [0, 0.05) is 10.2 Å². The summed E-state index contributed by atoms with van der Waals surface area (Å²) in [6.45, 7) is 1.87. The first-order valence-electron chi connectivity index (χ1n) is 5.98. The Bertz CT molecular complexity index is 656. The molecule has 0 saturated heterocycles. The Hall–Kier alpha value is -2.01. The molecule has 4 nitrogen and oxygen atoms in total. The van der Waals surface area contributed by atoms with Crippen molar-refractivity contribution < 1.29 is 14.6 Å². The van der Waals surface area contributed by atoms with E-state index in [1.165, 1.54) is 0 Å². The molecular weight excluding hydrogens is 322 g/mol. The van der Waals surface area contributed by atoms with Crippen molar-refractivity contribution in [3.05, 3.63) is 57.6 Å². The lowest BCUT2D eigenvalue weighted by Gasteiger charge is -2.10. The Balaban J connectivity index is 2.13. The van der Waals surface area contributed by atoms with Crippen molar-refractivity contribution in [2.24, 2.45) is 0 Å². The molecule has 0 spiro atoms. The van der Waals surface area contributed by atoms with Crippen LogP contribution < -0.4 is 5.73 Å². The van der Waals surface area contributed by atoms with Gasteiger partial charge in [0.25, 0.3) is 0 Å². The minimum atomic E-state index is -0.446. The quantitative estimate of drug-likeness (QED) is 0.666. The number of rotatable bonds is 3. The number of anilines is 1. The lowest BCUT2D eigenvalue weighted by atomic mass is 10.1. The summed E-state index contributed by atoms with van der Waals surface area (Å²) < 4.78 is 5.96. The Labute approximate surface area is 125 Å². The van der Waals surface area contributed by atoms with Gasteiger partial charge >= 0.3 is 5.97 Å². The van der Waals surface area contributed by atoms with Crippen LogP contribution in [0.2, 0.25) is 0 Å². The number of carbonyl (C=O) groups excluding carboxylic acids is 1. The van der Waals surface area contributed by atoms with E-state index in [0.29, 0.717) is 16.8 Å². The van der Waals surface area contributed by atoms with E-state index in [2.05, 4.69) is 15.9 Å². The first kappa shape index (κ1) is 14.4. The number of nitrogens with two attached hydrogens (primary N) is 1. The van der Waals surface area contributed by atoms with Crippen LogP contribution in [0.4, 0.5) is 5.69 Å². The van der Waals surface area contributed by atoms with E-state index >= 15 is 0 Å².